The van der Waals surface area contributed by atoms with Crippen LogP contribution in [-0.2, 0) is 28.6 Å². The SMILES string of the molecule is COC1=CC(C[C@@H](C)CCC(=O)C(C)=C=C(C)CC(OC)C(=O)C(C)CC/C=C/C=C/C=C(\C)C(CCCCC(C)C(O)(O)C(C)=O)OC)CCC1. The highest BCUT2D eigenvalue weighted by Crippen LogP contribution is 2.30. The van der Waals surface area contributed by atoms with Crippen LogP contribution in [0.4, 0.5) is 0 Å². The van der Waals surface area contributed by atoms with Crippen LogP contribution in [0.25, 0.3) is 0 Å². The van der Waals surface area contributed by atoms with Gasteiger partial charge in [-0.15, -0.1) is 5.73 Å². The highest BCUT2D eigenvalue weighted by atomic mass is 16.5. The van der Waals surface area contributed by atoms with Gasteiger partial charge in [-0.25, -0.2) is 0 Å². The smallest absolute Gasteiger partial charge is 0.226 e. The van der Waals surface area contributed by atoms with E-state index in [-0.39, 0.29) is 23.6 Å². The summed E-state index contributed by atoms with van der Waals surface area (Å²) in [6.45, 7) is 12.8. The van der Waals surface area contributed by atoms with Crippen LogP contribution in [0.1, 0.15) is 132 Å². The molecule has 1 aliphatic carbocycles. The first-order valence-electron chi connectivity index (χ1n) is 19.3. The minimum atomic E-state index is -2.27. The minimum Gasteiger partial charge on any atom is -0.501 e. The van der Waals surface area contributed by atoms with E-state index in [1.54, 1.807) is 28.3 Å². The summed E-state index contributed by atoms with van der Waals surface area (Å²) in [7, 11) is 4.98. The van der Waals surface area contributed by atoms with Crippen molar-refractivity contribution in [1.82, 2.24) is 0 Å². The molecular formula is C44H70O8. The first-order chi connectivity index (χ1) is 24.6. The zero-order valence-electron chi connectivity index (χ0n) is 34.0. The number of carbonyl (C=O) groups excluding carboxylic acids is 3. The Balaban J connectivity index is 2.53. The molecule has 0 spiro atoms. The number of Topliss-reactive ketones (excluding diaryl/α,β-unsaturated/α-hetero) is 3. The van der Waals surface area contributed by atoms with E-state index in [9.17, 15) is 24.6 Å². The van der Waals surface area contributed by atoms with Gasteiger partial charge in [0.15, 0.2) is 17.3 Å². The van der Waals surface area contributed by atoms with Crippen LogP contribution in [0.5, 0.6) is 0 Å². The lowest BCUT2D eigenvalue weighted by atomic mass is 9.85. The molecule has 0 aliphatic heterocycles. The van der Waals surface area contributed by atoms with Gasteiger partial charge in [-0.1, -0.05) is 64.0 Å². The Labute approximate surface area is 315 Å². The highest BCUT2D eigenvalue weighted by Gasteiger charge is 2.35. The highest BCUT2D eigenvalue weighted by molar-refractivity contribution is 5.94. The first-order valence-corrected chi connectivity index (χ1v) is 19.3. The van der Waals surface area contributed by atoms with E-state index in [0.717, 1.165) is 68.3 Å². The van der Waals surface area contributed by atoms with E-state index < -0.39 is 23.6 Å². The van der Waals surface area contributed by atoms with Crippen LogP contribution in [0.2, 0.25) is 0 Å². The Morgan fingerprint density at radius 1 is 0.923 bits per heavy atom. The minimum absolute atomic E-state index is 0.0444. The van der Waals surface area contributed by atoms with Crippen molar-refractivity contribution in [2.75, 3.05) is 21.3 Å². The fourth-order valence-electron chi connectivity index (χ4n) is 6.76. The molecule has 0 amide bonds. The lowest BCUT2D eigenvalue weighted by molar-refractivity contribution is -0.200. The van der Waals surface area contributed by atoms with E-state index in [1.807, 2.05) is 52.0 Å². The summed E-state index contributed by atoms with van der Waals surface area (Å²) in [6.07, 6.45) is 22.2. The summed E-state index contributed by atoms with van der Waals surface area (Å²) >= 11 is 0. The number of rotatable bonds is 26. The fourth-order valence-corrected chi connectivity index (χ4v) is 6.76. The van der Waals surface area contributed by atoms with Gasteiger partial charge in [-0.2, -0.15) is 0 Å². The predicted octanol–water partition coefficient (Wildman–Crippen LogP) is 9.11. The van der Waals surface area contributed by atoms with Gasteiger partial charge in [-0.3, -0.25) is 14.4 Å². The number of ether oxygens (including phenoxy) is 3. The Morgan fingerprint density at radius 2 is 1.60 bits per heavy atom. The third-order valence-electron chi connectivity index (χ3n) is 10.5. The summed E-state index contributed by atoms with van der Waals surface area (Å²) in [6, 6.07) is 0. The molecule has 0 heterocycles. The molecule has 52 heavy (non-hydrogen) atoms. The lowest BCUT2D eigenvalue weighted by Crippen LogP contribution is -2.43. The summed E-state index contributed by atoms with van der Waals surface area (Å²) in [4.78, 5) is 37.5. The van der Waals surface area contributed by atoms with E-state index in [4.69, 9.17) is 14.2 Å². The van der Waals surface area contributed by atoms with Crippen LogP contribution in [0, 0.1) is 23.7 Å². The maximum atomic E-state index is 13.2. The Morgan fingerprint density at radius 3 is 2.23 bits per heavy atom. The topological polar surface area (TPSA) is 119 Å². The standard InChI is InChI=1S/C44H70O8/c1-31(28-38-22-18-23-39(30-38)50-8)25-26-40(46)35(5)27-32(2)29-42(52-10)43(47)34(4)20-15-13-11-12-14-19-33(3)41(51-9)24-17-16-21-36(6)44(48,49)37(7)45/h11-14,19,30-31,34,36,38,41-42,48-49H,15-18,20-26,28-29H2,1-10H3/b13-11+,14-12+,33-19+/t27?,31-,34?,36?,38?,41?,42?/m0/s1. The van der Waals surface area contributed by atoms with Crippen LogP contribution < -0.4 is 0 Å². The number of carbonyl (C=O) groups is 3. The maximum Gasteiger partial charge on any atom is 0.226 e. The number of aliphatic hydroxyl groups is 2. The van der Waals surface area contributed by atoms with Gasteiger partial charge in [0.25, 0.3) is 0 Å². The number of unbranched alkanes of at least 4 members (excludes halogenated alkanes) is 1. The van der Waals surface area contributed by atoms with Crippen LogP contribution in [0.3, 0.4) is 0 Å². The second kappa shape index (κ2) is 25.2. The second-order valence-electron chi connectivity index (χ2n) is 15.0. The zero-order chi connectivity index (χ0) is 39.3. The average molecular weight is 727 g/mol. The van der Waals surface area contributed by atoms with E-state index in [0.29, 0.717) is 43.1 Å². The molecule has 1 aliphatic rings. The van der Waals surface area contributed by atoms with Gasteiger partial charge in [0, 0.05) is 57.8 Å². The van der Waals surface area contributed by atoms with Crippen molar-refractivity contribution < 1.29 is 38.8 Å². The zero-order valence-corrected chi connectivity index (χ0v) is 34.0. The number of hydrogen-bond acceptors (Lipinski definition) is 8. The summed E-state index contributed by atoms with van der Waals surface area (Å²) in [5.74, 6) is -1.37. The molecule has 0 saturated carbocycles. The summed E-state index contributed by atoms with van der Waals surface area (Å²) in [5.41, 5.74) is 5.78. The molecule has 5 unspecified atom stereocenters. The molecule has 2 N–H and O–H groups in total. The van der Waals surface area contributed by atoms with Crippen molar-refractivity contribution in [3.8, 4) is 0 Å². The van der Waals surface area contributed by atoms with Crippen LogP contribution >= 0.6 is 0 Å². The van der Waals surface area contributed by atoms with Crippen molar-refractivity contribution >= 4 is 17.3 Å². The molecule has 8 nitrogen and oxygen atoms in total. The largest absolute Gasteiger partial charge is 0.501 e. The molecule has 0 fully saturated rings. The van der Waals surface area contributed by atoms with Gasteiger partial charge in [-0.05, 0) is 101 Å². The van der Waals surface area contributed by atoms with Gasteiger partial charge in [0.05, 0.1) is 19.0 Å². The van der Waals surface area contributed by atoms with Crippen molar-refractivity contribution in [1.29, 1.82) is 0 Å². The Kier molecular flexibility index (Phi) is 22.9. The van der Waals surface area contributed by atoms with Crippen molar-refractivity contribution in [3.63, 3.8) is 0 Å². The third kappa shape index (κ3) is 17.8. The molecular weight excluding hydrogens is 656 g/mol. The molecule has 0 aromatic carbocycles. The van der Waals surface area contributed by atoms with E-state index >= 15 is 0 Å². The van der Waals surface area contributed by atoms with Gasteiger partial charge in [0.1, 0.15) is 6.10 Å². The van der Waals surface area contributed by atoms with Crippen LogP contribution in [0.15, 0.2) is 64.7 Å². The van der Waals surface area contributed by atoms with Crippen LogP contribution in [-0.4, -0.2) is 66.9 Å². The average Bonchev–Trinajstić information content (AvgIpc) is 3.11. The molecule has 0 aromatic heterocycles. The molecule has 8 heteroatoms. The molecule has 6 atom stereocenters. The van der Waals surface area contributed by atoms with Gasteiger partial charge >= 0.3 is 0 Å². The quantitative estimate of drug-likeness (QED) is 0.0298. The normalized spacial score (nSPS) is 18.3. The Bertz CT molecular complexity index is 1310. The summed E-state index contributed by atoms with van der Waals surface area (Å²) in [5, 5.41) is 19.8. The number of methoxy groups -OCH3 is 3. The maximum absolute atomic E-state index is 13.2. The molecule has 0 saturated heterocycles. The number of allylic oxidation sites excluding steroid dienone is 7. The lowest BCUT2D eigenvalue weighted by Gasteiger charge is -2.26. The van der Waals surface area contributed by atoms with E-state index in [1.165, 1.54) is 13.3 Å². The van der Waals surface area contributed by atoms with Gasteiger partial charge in [0.2, 0.25) is 5.79 Å². The third-order valence-corrected chi connectivity index (χ3v) is 10.5. The molecule has 1 rings (SSSR count). The molecule has 294 valence electrons. The molecule has 0 radical (unpaired) electrons. The first kappa shape index (κ1) is 47.2. The van der Waals surface area contributed by atoms with Crippen molar-refractivity contribution in [3.05, 3.63) is 64.7 Å². The number of ketones is 3. The number of hydrogen-bond donors (Lipinski definition) is 2. The van der Waals surface area contributed by atoms with Crippen molar-refractivity contribution in [2.45, 2.75) is 150 Å². The van der Waals surface area contributed by atoms with Gasteiger partial charge < -0.3 is 24.4 Å². The van der Waals surface area contributed by atoms with Crippen molar-refractivity contribution in [2.24, 2.45) is 23.7 Å². The monoisotopic (exact) mass is 727 g/mol. The van der Waals surface area contributed by atoms with E-state index in [2.05, 4.69) is 24.8 Å². The molecule has 0 bridgehead atoms. The fraction of sp³-hybridized carbons (Fsp3) is 0.682. The molecule has 0 aromatic rings. The summed E-state index contributed by atoms with van der Waals surface area (Å²) < 4.78 is 16.7. The predicted molar refractivity (Wildman–Crippen MR) is 209 cm³/mol. The second-order valence-corrected chi connectivity index (χ2v) is 15.0. The Hall–Kier alpha value is -2.87.